The van der Waals surface area contributed by atoms with E-state index in [2.05, 4.69) is 11.8 Å². The molecule has 4 rings (SSSR count). The molecule has 4 unspecified atom stereocenters. The van der Waals surface area contributed by atoms with E-state index in [1.807, 2.05) is 0 Å². The first-order valence-electron chi connectivity index (χ1n) is 10.9. The molecular weight excluding hydrogens is 480 g/mol. The monoisotopic (exact) mass is 498 g/mol. The molecule has 0 bridgehead atoms. The van der Waals surface area contributed by atoms with Crippen molar-refractivity contribution in [2.45, 2.75) is 6.92 Å². The predicted octanol–water partition coefficient (Wildman–Crippen LogP) is 1.61. The normalized spacial score (nSPS) is 21.8. The largest absolute Gasteiger partial charge is 0.478 e. The molecule has 0 radical (unpaired) electrons. The van der Waals surface area contributed by atoms with Gasteiger partial charge < -0.3 is 10.2 Å². The maximum atomic E-state index is 13.4. The van der Waals surface area contributed by atoms with E-state index in [1.165, 1.54) is 24.3 Å². The van der Waals surface area contributed by atoms with Crippen molar-refractivity contribution in [2.24, 2.45) is 23.7 Å². The summed E-state index contributed by atoms with van der Waals surface area (Å²) in [6.45, 7) is 1.59. The summed E-state index contributed by atoms with van der Waals surface area (Å²) in [6.07, 6.45) is 11.0. The predicted molar refractivity (Wildman–Crippen MR) is 128 cm³/mol. The second-order valence-corrected chi connectivity index (χ2v) is 8.70. The summed E-state index contributed by atoms with van der Waals surface area (Å²) >= 11 is 0. The zero-order valence-corrected chi connectivity index (χ0v) is 19.2. The highest BCUT2D eigenvalue weighted by molar-refractivity contribution is 6.25. The van der Waals surface area contributed by atoms with Gasteiger partial charge in [0, 0.05) is 11.1 Å². The average molecular weight is 498 g/mol. The van der Waals surface area contributed by atoms with Crippen molar-refractivity contribution in [3.05, 3.63) is 58.7 Å². The van der Waals surface area contributed by atoms with Crippen molar-refractivity contribution >= 4 is 47.4 Å². The van der Waals surface area contributed by atoms with E-state index in [0.29, 0.717) is 4.90 Å². The fourth-order valence-corrected chi connectivity index (χ4v) is 4.99. The number of carboxylic acid groups (broad SMARTS) is 2. The van der Waals surface area contributed by atoms with Gasteiger partial charge in [-0.3, -0.25) is 24.1 Å². The summed E-state index contributed by atoms with van der Waals surface area (Å²) in [5, 5.41) is 18.7. The number of hydrogen-bond donors (Lipinski definition) is 2. The zero-order chi connectivity index (χ0) is 27.2. The van der Waals surface area contributed by atoms with Crippen molar-refractivity contribution < 1.29 is 39.0 Å². The van der Waals surface area contributed by atoms with Crippen LogP contribution in [0, 0.1) is 48.4 Å². The molecule has 184 valence electrons. The van der Waals surface area contributed by atoms with Crippen molar-refractivity contribution in [3.8, 4) is 24.7 Å². The molecule has 1 aliphatic carbocycles. The molecule has 2 fully saturated rings. The summed E-state index contributed by atoms with van der Waals surface area (Å²) in [7, 11) is 0. The molecule has 2 aromatic rings. The van der Waals surface area contributed by atoms with Crippen molar-refractivity contribution in [2.75, 3.05) is 9.80 Å². The van der Waals surface area contributed by atoms with Gasteiger partial charge in [-0.05, 0) is 42.3 Å². The number of imide groups is 2. The Bertz CT molecular complexity index is 1490. The lowest BCUT2D eigenvalue weighted by atomic mass is 9.58. The lowest BCUT2D eigenvalue weighted by molar-refractivity contribution is -0.147. The van der Waals surface area contributed by atoms with Crippen LogP contribution in [-0.4, -0.2) is 46.3 Å². The number of rotatable bonds is 6. The van der Waals surface area contributed by atoms with Gasteiger partial charge in [-0.1, -0.05) is 18.8 Å². The van der Waals surface area contributed by atoms with Crippen LogP contribution in [0.15, 0.2) is 36.4 Å². The second kappa shape index (κ2) is 9.10. The Kier molecular flexibility index (Phi) is 6.12. The maximum absolute atomic E-state index is 13.4. The van der Waals surface area contributed by atoms with Crippen LogP contribution in [0.2, 0.25) is 0 Å². The van der Waals surface area contributed by atoms with E-state index in [1.54, 1.807) is 6.92 Å². The third-order valence-electron chi connectivity index (χ3n) is 6.74. The molecule has 4 atom stereocenters. The van der Waals surface area contributed by atoms with E-state index >= 15 is 0 Å². The molecule has 1 aliphatic heterocycles. The number of fused-ring (bicyclic) bond motifs is 1. The van der Waals surface area contributed by atoms with Crippen LogP contribution in [0.25, 0.3) is 0 Å². The topological polar surface area (TPSA) is 149 Å². The van der Waals surface area contributed by atoms with Crippen LogP contribution in [0.1, 0.15) is 38.8 Å². The fourth-order valence-electron chi connectivity index (χ4n) is 4.99. The lowest BCUT2D eigenvalue weighted by Gasteiger charge is -2.43. The van der Waals surface area contributed by atoms with Crippen LogP contribution in [0.3, 0.4) is 0 Å². The summed E-state index contributed by atoms with van der Waals surface area (Å²) in [5.74, 6) is -3.93. The van der Waals surface area contributed by atoms with Crippen molar-refractivity contribution in [1.29, 1.82) is 0 Å². The molecule has 1 saturated heterocycles. The van der Waals surface area contributed by atoms with E-state index < -0.39 is 53.3 Å². The van der Waals surface area contributed by atoms with E-state index in [-0.39, 0.29) is 40.0 Å². The van der Waals surface area contributed by atoms with Crippen molar-refractivity contribution in [3.63, 3.8) is 0 Å². The number of aromatic carboxylic acids is 2. The molecule has 10 nitrogen and oxygen atoms in total. The van der Waals surface area contributed by atoms with Gasteiger partial charge in [0.2, 0.25) is 24.1 Å². The summed E-state index contributed by atoms with van der Waals surface area (Å²) < 4.78 is 0. The highest BCUT2D eigenvalue weighted by Gasteiger charge is 2.66. The smallest absolute Gasteiger partial charge is 0.335 e. The van der Waals surface area contributed by atoms with Gasteiger partial charge in [-0.25, -0.2) is 14.5 Å². The minimum atomic E-state index is -1.32. The first kappa shape index (κ1) is 24.9. The van der Waals surface area contributed by atoms with E-state index in [0.717, 1.165) is 17.0 Å². The molecular formula is C27H18N2O8. The quantitative estimate of drug-likeness (QED) is 0.347. The average Bonchev–Trinajstić information content (AvgIpc) is 3.09. The third kappa shape index (κ3) is 3.91. The Morgan fingerprint density at radius 2 is 1.43 bits per heavy atom. The molecule has 1 saturated carbocycles. The van der Waals surface area contributed by atoms with Gasteiger partial charge in [0.25, 0.3) is 0 Å². The Balaban J connectivity index is 1.70. The number of carboxylic acids is 2. The highest BCUT2D eigenvalue weighted by Crippen LogP contribution is 2.53. The number of nitrogens with zero attached hydrogens (tertiary/aromatic N) is 2. The van der Waals surface area contributed by atoms with Gasteiger partial charge in [0.05, 0.1) is 40.3 Å². The minimum absolute atomic E-state index is 0.0317. The lowest BCUT2D eigenvalue weighted by Crippen LogP contribution is -2.55. The summed E-state index contributed by atoms with van der Waals surface area (Å²) in [5.41, 5.74) is -0.327. The molecule has 37 heavy (non-hydrogen) atoms. The number of benzene rings is 2. The summed E-state index contributed by atoms with van der Waals surface area (Å²) in [6, 6.07) is 7.27. The highest BCUT2D eigenvalue weighted by atomic mass is 16.4. The first-order valence-corrected chi connectivity index (χ1v) is 10.9. The van der Waals surface area contributed by atoms with Gasteiger partial charge in [0.1, 0.15) is 0 Å². The van der Waals surface area contributed by atoms with E-state index in [9.17, 15) is 39.0 Å². The minimum Gasteiger partial charge on any atom is -0.478 e. The number of terminal acetylenes is 2. The van der Waals surface area contributed by atoms with Gasteiger partial charge in [0.15, 0.2) is 0 Å². The van der Waals surface area contributed by atoms with Crippen LogP contribution in [-0.2, 0) is 19.2 Å². The zero-order valence-electron chi connectivity index (χ0n) is 19.2. The molecule has 0 spiro atoms. The molecule has 1 heterocycles. The fraction of sp³-hybridized carbons (Fsp3) is 0.185. The maximum Gasteiger partial charge on any atom is 0.335 e. The standard InChI is InChI=1S/C27H18N2O8/c1-4-14-6-16(26(34)35)10-18(8-14)28(12-30)23(31)20-13(3)21-22(20)25(33)29(24(21)32)19-9-15(5-2)7-17(11-19)27(36)37/h1-2,6-13,20-22H,3H3,(H,34,35)(H,36,37). The molecule has 4 amide bonds. The Labute approximate surface area is 210 Å². The summed E-state index contributed by atoms with van der Waals surface area (Å²) in [4.78, 5) is 76.4. The second-order valence-electron chi connectivity index (χ2n) is 8.70. The number of amides is 4. The molecule has 2 aliphatic rings. The third-order valence-corrected chi connectivity index (χ3v) is 6.74. The van der Waals surface area contributed by atoms with Crippen LogP contribution >= 0.6 is 0 Å². The van der Waals surface area contributed by atoms with Gasteiger partial charge in [-0.15, -0.1) is 12.8 Å². The van der Waals surface area contributed by atoms with E-state index in [4.69, 9.17) is 12.8 Å². The van der Waals surface area contributed by atoms with Gasteiger partial charge >= 0.3 is 11.9 Å². The Morgan fingerprint density at radius 3 is 1.97 bits per heavy atom. The molecule has 2 aromatic carbocycles. The van der Waals surface area contributed by atoms with Crippen molar-refractivity contribution in [1.82, 2.24) is 0 Å². The number of carbonyl (C=O) groups is 6. The first-order chi connectivity index (χ1) is 17.5. The number of carbonyl (C=O) groups excluding carboxylic acids is 4. The Morgan fingerprint density at radius 1 is 0.892 bits per heavy atom. The van der Waals surface area contributed by atoms with Crippen LogP contribution in [0.4, 0.5) is 11.4 Å². The number of anilines is 2. The SMILES string of the molecule is C#Cc1cc(C(=O)O)cc(N(C=O)C(=O)C2C(C)C3C(=O)N(c4cc(C#C)cc(C(=O)O)c4)C(=O)C23)c1. The number of hydrogen-bond acceptors (Lipinski definition) is 6. The van der Waals surface area contributed by atoms with Crippen LogP contribution in [0.5, 0.6) is 0 Å². The van der Waals surface area contributed by atoms with Gasteiger partial charge in [-0.2, -0.15) is 0 Å². The molecule has 0 aromatic heterocycles. The Hall–Kier alpha value is -5.22. The molecule has 10 heteroatoms. The molecule has 2 N–H and O–H groups in total. The van der Waals surface area contributed by atoms with Crippen LogP contribution < -0.4 is 9.80 Å².